The Morgan fingerprint density at radius 1 is 1.00 bits per heavy atom. The number of nitrogens with zero attached hydrogens (tertiary/aromatic N) is 1. The molecule has 0 radical (unpaired) electrons. The van der Waals surface area contributed by atoms with Crippen molar-refractivity contribution in [3.05, 3.63) is 88.4 Å². The van der Waals surface area contributed by atoms with Gasteiger partial charge in [0.05, 0.1) is 16.1 Å². The molecule has 170 valence electrons. The second-order valence-corrected chi connectivity index (χ2v) is 9.31. The summed E-state index contributed by atoms with van der Waals surface area (Å²) in [5.41, 5.74) is 0.0753. The van der Waals surface area contributed by atoms with Gasteiger partial charge in [-0.15, -0.1) is 0 Å². The van der Waals surface area contributed by atoms with Crippen molar-refractivity contribution in [1.29, 1.82) is 0 Å². The van der Waals surface area contributed by atoms with Crippen molar-refractivity contribution in [1.82, 2.24) is 0 Å². The van der Waals surface area contributed by atoms with Crippen LogP contribution in [-0.2, 0) is 22.8 Å². The quantitative estimate of drug-likeness (QED) is 0.387. The Bertz CT molecular complexity index is 1210. The summed E-state index contributed by atoms with van der Waals surface area (Å²) < 4.78 is 73.0. The molecule has 0 saturated carbocycles. The number of hydrogen-bond donors (Lipinski definition) is 0. The number of hydrogen-bond acceptors (Lipinski definition) is 3. The van der Waals surface area contributed by atoms with Crippen molar-refractivity contribution >= 4 is 27.3 Å². The van der Waals surface area contributed by atoms with E-state index in [4.69, 9.17) is 16.3 Å². The van der Waals surface area contributed by atoms with Gasteiger partial charge in [-0.1, -0.05) is 35.9 Å². The summed E-state index contributed by atoms with van der Waals surface area (Å²) in [5.74, 6) is 0.216. The fraction of sp³-hybridized carbons (Fsp3) is 0.217. The van der Waals surface area contributed by atoms with Gasteiger partial charge in [-0.25, -0.2) is 8.42 Å². The van der Waals surface area contributed by atoms with E-state index in [9.17, 15) is 21.6 Å². The van der Waals surface area contributed by atoms with Gasteiger partial charge >= 0.3 is 6.18 Å². The molecule has 0 aliphatic rings. The van der Waals surface area contributed by atoms with E-state index in [0.717, 1.165) is 11.6 Å². The van der Waals surface area contributed by atoms with Crippen molar-refractivity contribution in [3.63, 3.8) is 0 Å². The minimum Gasteiger partial charge on any atom is -0.489 e. The first kappa shape index (κ1) is 23.9. The SMILES string of the molecule is CCN(c1cccc(OCc2c(Cl)cccc2C(F)(F)F)c1)S(=O)(=O)c1cccc(C)c1. The van der Waals surface area contributed by atoms with Crippen molar-refractivity contribution in [2.75, 3.05) is 10.8 Å². The molecule has 0 aliphatic carbocycles. The molecule has 3 aromatic rings. The lowest BCUT2D eigenvalue weighted by atomic mass is 10.1. The molecule has 0 N–H and O–H groups in total. The highest BCUT2D eigenvalue weighted by atomic mass is 35.5. The summed E-state index contributed by atoms with van der Waals surface area (Å²) in [4.78, 5) is 0.150. The Balaban J connectivity index is 1.89. The Morgan fingerprint density at radius 2 is 1.69 bits per heavy atom. The maximum atomic E-state index is 13.3. The number of benzene rings is 3. The third-order valence-corrected chi connectivity index (χ3v) is 7.03. The molecule has 3 rings (SSSR count). The van der Waals surface area contributed by atoms with Crippen LogP contribution in [0.2, 0.25) is 5.02 Å². The Morgan fingerprint density at radius 3 is 2.34 bits per heavy atom. The van der Waals surface area contributed by atoms with Crippen LogP contribution < -0.4 is 9.04 Å². The third-order valence-electron chi connectivity index (χ3n) is 4.78. The number of rotatable bonds is 7. The van der Waals surface area contributed by atoms with E-state index in [-0.39, 0.29) is 27.8 Å². The summed E-state index contributed by atoms with van der Waals surface area (Å²) in [6.45, 7) is 3.23. The maximum absolute atomic E-state index is 13.3. The molecule has 0 aromatic heterocycles. The number of halogens is 4. The van der Waals surface area contributed by atoms with Crippen LogP contribution in [0.25, 0.3) is 0 Å². The topological polar surface area (TPSA) is 46.6 Å². The molecule has 3 aromatic carbocycles. The van der Waals surface area contributed by atoms with E-state index in [1.807, 2.05) is 0 Å². The van der Waals surface area contributed by atoms with E-state index in [1.54, 1.807) is 50.2 Å². The van der Waals surface area contributed by atoms with E-state index < -0.39 is 28.4 Å². The van der Waals surface area contributed by atoms with Crippen molar-refractivity contribution in [2.45, 2.75) is 31.5 Å². The van der Waals surface area contributed by atoms with Crippen LogP contribution in [0.3, 0.4) is 0 Å². The maximum Gasteiger partial charge on any atom is 0.416 e. The molecule has 0 fully saturated rings. The highest BCUT2D eigenvalue weighted by Crippen LogP contribution is 2.36. The normalized spacial score (nSPS) is 11.9. The van der Waals surface area contributed by atoms with Crippen LogP contribution in [0.15, 0.2) is 71.6 Å². The zero-order valence-corrected chi connectivity index (χ0v) is 18.9. The molecule has 0 amide bonds. The fourth-order valence-electron chi connectivity index (χ4n) is 3.25. The van der Waals surface area contributed by atoms with Gasteiger partial charge in [-0.05, 0) is 55.8 Å². The number of sulfonamides is 1. The van der Waals surface area contributed by atoms with Crippen LogP contribution in [0.4, 0.5) is 18.9 Å². The van der Waals surface area contributed by atoms with Gasteiger partial charge in [0.1, 0.15) is 12.4 Å². The Kier molecular flexibility index (Phi) is 7.05. The first-order valence-electron chi connectivity index (χ1n) is 9.71. The van der Waals surface area contributed by atoms with E-state index in [1.165, 1.54) is 28.6 Å². The first-order valence-corrected chi connectivity index (χ1v) is 11.5. The molecule has 0 saturated heterocycles. The van der Waals surface area contributed by atoms with E-state index in [0.29, 0.717) is 5.69 Å². The van der Waals surface area contributed by atoms with Crippen molar-refractivity contribution < 1.29 is 26.3 Å². The third kappa shape index (κ3) is 5.19. The monoisotopic (exact) mass is 483 g/mol. The standard InChI is InChI=1S/C23H21ClF3NO3S/c1-3-28(32(29,30)19-10-4-7-16(2)13-19)17-8-5-9-18(14-17)31-15-20-21(23(25,26)27)11-6-12-22(20)24/h4-14H,3,15H2,1-2H3. The molecule has 0 aliphatic heterocycles. The van der Waals surface area contributed by atoms with Crippen LogP contribution in [0, 0.1) is 6.92 Å². The minimum atomic E-state index is -4.58. The van der Waals surface area contributed by atoms with Crippen LogP contribution in [0.1, 0.15) is 23.6 Å². The van der Waals surface area contributed by atoms with Gasteiger partial charge in [-0.3, -0.25) is 4.31 Å². The molecule has 0 heterocycles. The van der Waals surface area contributed by atoms with E-state index in [2.05, 4.69) is 0 Å². The van der Waals surface area contributed by atoms with Crippen LogP contribution >= 0.6 is 11.6 Å². The summed E-state index contributed by atoms with van der Waals surface area (Å²) in [5, 5.41) is -0.0619. The summed E-state index contributed by atoms with van der Waals surface area (Å²) in [6.07, 6.45) is -4.58. The molecule has 4 nitrogen and oxygen atoms in total. The number of ether oxygens (including phenoxy) is 1. The molecule has 32 heavy (non-hydrogen) atoms. The zero-order valence-electron chi connectivity index (χ0n) is 17.4. The Hall–Kier alpha value is -2.71. The molecule has 9 heteroatoms. The number of anilines is 1. The predicted octanol–water partition coefficient (Wildman–Crippen LogP) is 6.46. The van der Waals surface area contributed by atoms with Gasteiger partial charge in [-0.2, -0.15) is 13.2 Å². The molecule has 0 bridgehead atoms. The molecular weight excluding hydrogens is 463 g/mol. The zero-order chi connectivity index (χ0) is 23.5. The lowest BCUT2D eigenvalue weighted by Gasteiger charge is -2.23. The van der Waals surface area contributed by atoms with Crippen LogP contribution in [0.5, 0.6) is 5.75 Å². The fourth-order valence-corrected chi connectivity index (χ4v) is 5.05. The van der Waals surface area contributed by atoms with Gasteiger partial charge in [0.15, 0.2) is 0 Å². The number of aryl methyl sites for hydroxylation is 1. The highest BCUT2D eigenvalue weighted by molar-refractivity contribution is 7.92. The number of alkyl halides is 3. The van der Waals surface area contributed by atoms with E-state index >= 15 is 0 Å². The summed E-state index contributed by atoms with van der Waals surface area (Å²) in [7, 11) is -3.84. The summed E-state index contributed by atoms with van der Waals surface area (Å²) >= 11 is 5.98. The van der Waals surface area contributed by atoms with Crippen molar-refractivity contribution in [3.8, 4) is 5.75 Å². The summed E-state index contributed by atoms with van der Waals surface area (Å²) in [6, 6.07) is 16.3. The minimum absolute atomic E-state index is 0.0619. The van der Waals surface area contributed by atoms with Gasteiger partial charge in [0.25, 0.3) is 10.0 Å². The molecule has 0 atom stereocenters. The Labute approximate surface area is 190 Å². The van der Waals surface area contributed by atoms with Gasteiger partial charge in [0.2, 0.25) is 0 Å². The smallest absolute Gasteiger partial charge is 0.416 e. The average molecular weight is 484 g/mol. The lowest BCUT2D eigenvalue weighted by Crippen LogP contribution is -2.30. The predicted molar refractivity (Wildman–Crippen MR) is 119 cm³/mol. The van der Waals surface area contributed by atoms with Gasteiger partial charge in [0, 0.05) is 23.2 Å². The molecular formula is C23H21ClF3NO3S. The molecule has 0 unspecified atom stereocenters. The first-order chi connectivity index (χ1) is 15.0. The van der Waals surface area contributed by atoms with Crippen molar-refractivity contribution in [2.24, 2.45) is 0 Å². The lowest BCUT2D eigenvalue weighted by molar-refractivity contribution is -0.138. The van der Waals surface area contributed by atoms with Gasteiger partial charge < -0.3 is 4.74 Å². The largest absolute Gasteiger partial charge is 0.489 e. The second-order valence-electron chi connectivity index (χ2n) is 7.04. The van der Waals surface area contributed by atoms with Crippen LogP contribution in [-0.4, -0.2) is 15.0 Å². The average Bonchev–Trinajstić information content (AvgIpc) is 2.73. The highest BCUT2D eigenvalue weighted by Gasteiger charge is 2.34. The second kappa shape index (κ2) is 9.42. The molecule has 0 spiro atoms.